The van der Waals surface area contributed by atoms with E-state index in [0.29, 0.717) is 39.4 Å². The summed E-state index contributed by atoms with van der Waals surface area (Å²) in [5.41, 5.74) is 3.08. The van der Waals surface area contributed by atoms with Crippen molar-refractivity contribution in [2.75, 3.05) is 0 Å². The summed E-state index contributed by atoms with van der Waals surface area (Å²) in [5.74, 6) is 4.01. The fourth-order valence-electron chi connectivity index (χ4n) is 11.0. The zero-order chi connectivity index (χ0) is 23.1. The summed E-state index contributed by atoms with van der Waals surface area (Å²) in [6.45, 7) is 14.5. The van der Waals surface area contributed by atoms with E-state index in [1.807, 2.05) is 0 Å². The molecule has 5 saturated carbocycles. The average Bonchev–Trinajstić information content (AvgIpc) is 3.33. The molecule has 0 aromatic heterocycles. The van der Waals surface area contributed by atoms with Gasteiger partial charge in [-0.2, -0.15) is 0 Å². The van der Waals surface area contributed by atoms with Gasteiger partial charge in [0.15, 0.2) is 0 Å². The molecule has 5 aliphatic rings. The van der Waals surface area contributed by atoms with Crippen LogP contribution in [0.5, 0.6) is 0 Å². The first kappa shape index (κ1) is 23.2. The van der Waals surface area contributed by atoms with Crippen molar-refractivity contribution >= 4 is 5.71 Å². The summed E-state index contributed by atoms with van der Waals surface area (Å²) in [5, 5.41) is 23.6. The van der Waals surface area contributed by atoms with Gasteiger partial charge >= 0.3 is 0 Å². The van der Waals surface area contributed by atoms with E-state index in [2.05, 4.69) is 46.7 Å². The molecule has 5 rings (SSSR count). The van der Waals surface area contributed by atoms with Crippen molar-refractivity contribution < 1.29 is 10.3 Å². The number of rotatable bonds is 5. The fraction of sp³-hybridized carbons (Fsp3) is 0.966. The van der Waals surface area contributed by atoms with Gasteiger partial charge in [-0.05, 0) is 128 Å². The van der Waals surface area contributed by atoms with Crippen molar-refractivity contribution in [3.63, 3.8) is 0 Å². The number of nitrogens with zero attached hydrogens (tertiary/aromatic N) is 1. The SMILES string of the molecule is CC(C)/C(CC[C@@H](C)[C@H]1CC[C@@]2(C)[C@@H]3CC[C@H]4[C@H](C)[C@@H](O)CC[C@@]45C[C@@]35CC[C@]12C)=N\O. The van der Waals surface area contributed by atoms with Crippen molar-refractivity contribution in [1.82, 2.24) is 0 Å². The standard InChI is InChI=1S/C29H49NO2/c1-18(2)23(30-32)9-7-19(3)21-11-13-27(6)25-10-8-22-20(4)24(31)12-14-28(22)17-29(25,28)16-15-26(21,27)5/h18-22,24-25,31-32H,7-17H2,1-6H3/b30-23-/t19-,20+,21-,22+,24+,25+,26-,27+,28-,29+/m1/s1. The predicted octanol–water partition coefficient (Wildman–Crippen LogP) is 7.30. The van der Waals surface area contributed by atoms with E-state index in [1.165, 1.54) is 51.4 Å². The van der Waals surface area contributed by atoms with E-state index in [1.54, 1.807) is 0 Å². The van der Waals surface area contributed by atoms with E-state index in [9.17, 15) is 10.3 Å². The summed E-state index contributed by atoms with van der Waals surface area (Å²) in [7, 11) is 0. The van der Waals surface area contributed by atoms with Gasteiger partial charge in [0.2, 0.25) is 0 Å². The first-order valence-electron chi connectivity index (χ1n) is 14.0. The zero-order valence-electron chi connectivity index (χ0n) is 21.7. The van der Waals surface area contributed by atoms with Gasteiger partial charge in [0.1, 0.15) is 0 Å². The van der Waals surface area contributed by atoms with Gasteiger partial charge in [0, 0.05) is 0 Å². The number of aliphatic hydroxyl groups excluding tert-OH is 1. The highest BCUT2D eigenvalue weighted by Crippen LogP contribution is 2.88. The third-order valence-corrected chi connectivity index (χ3v) is 13.1. The second-order valence-electron chi connectivity index (χ2n) is 13.9. The summed E-state index contributed by atoms with van der Waals surface area (Å²) in [6.07, 6.45) is 14.3. The summed E-state index contributed by atoms with van der Waals surface area (Å²) < 4.78 is 0. The maximum atomic E-state index is 10.6. The van der Waals surface area contributed by atoms with Crippen LogP contribution in [-0.4, -0.2) is 22.1 Å². The first-order chi connectivity index (χ1) is 15.1. The van der Waals surface area contributed by atoms with Crippen LogP contribution in [0, 0.1) is 57.2 Å². The van der Waals surface area contributed by atoms with E-state index in [0.717, 1.165) is 42.7 Å². The molecule has 10 atom stereocenters. The molecule has 3 heteroatoms. The minimum atomic E-state index is -0.0563. The van der Waals surface area contributed by atoms with E-state index in [-0.39, 0.29) is 6.10 Å². The lowest BCUT2D eigenvalue weighted by atomic mass is 9.43. The van der Waals surface area contributed by atoms with Gasteiger partial charge in [0.25, 0.3) is 0 Å². The second-order valence-corrected chi connectivity index (χ2v) is 13.9. The molecule has 0 heterocycles. The molecule has 5 fully saturated rings. The quantitative estimate of drug-likeness (QED) is 0.266. The minimum absolute atomic E-state index is 0.0563. The van der Waals surface area contributed by atoms with Crippen molar-refractivity contribution in [3.8, 4) is 0 Å². The van der Waals surface area contributed by atoms with Crippen LogP contribution in [0.25, 0.3) is 0 Å². The molecule has 0 aromatic carbocycles. The molecular weight excluding hydrogens is 394 g/mol. The molecule has 0 aromatic rings. The van der Waals surface area contributed by atoms with Crippen LogP contribution >= 0.6 is 0 Å². The Labute approximate surface area is 196 Å². The van der Waals surface area contributed by atoms with Gasteiger partial charge in [-0.15, -0.1) is 0 Å². The highest BCUT2D eigenvalue weighted by molar-refractivity contribution is 5.85. The molecular formula is C29H49NO2. The molecule has 0 aliphatic heterocycles. The molecule has 0 bridgehead atoms. The third-order valence-electron chi connectivity index (χ3n) is 13.1. The Hall–Kier alpha value is -0.570. The Balaban J connectivity index is 1.36. The predicted molar refractivity (Wildman–Crippen MR) is 131 cm³/mol. The number of oxime groups is 1. The van der Waals surface area contributed by atoms with Crippen LogP contribution < -0.4 is 0 Å². The Morgan fingerprint density at radius 2 is 1.69 bits per heavy atom. The van der Waals surface area contributed by atoms with Gasteiger partial charge < -0.3 is 10.3 Å². The van der Waals surface area contributed by atoms with Gasteiger partial charge in [-0.1, -0.05) is 46.7 Å². The van der Waals surface area contributed by atoms with Crippen LogP contribution in [0.3, 0.4) is 0 Å². The maximum Gasteiger partial charge on any atom is 0.0596 e. The number of hydrogen-bond donors (Lipinski definition) is 2. The van der Waals surface area contributed by atoms with Crippen LogP contribution in [0.2, 0.25) is 0 Å². The van der Waals surface area contributed by atoms with E-state index in [4.69, 9.17) is 0 Å². The molecule has 5 aliphatic carbocycles. The normalized spacial score (nSPS) is 53.2. The van der Waals surface area contributed by atoms with Crippen molar-refractivity contribution in [3.05, 3.63) is 0 Å². The van der Waals surface area contributed by atoms with Crippen LogP contribution in [0.1, 0.15) is 112 Å². The van der Waals surface area contributed by atoms with Crippen LogP contribution in [0.4, 0.5) is 0 Å². The lowest BCUT2D eigenvalue weighted by Gasteiger charge is -2.62. The molecule has 2 spiro atoms. The summed E-state index contributed by atoms with van der Waals surface area (Å²) in [4.78, 5) is 0. The summed E-state index contributed by atoms with van der Waals surface area (Å²) in [6, 6.07) is 0. The number of hydrogen-bond acceptors (Lipinski definition) is 3. The maximum absolute atomic E-state index is 10.6. The lowest BCUT2D eigenvalue weighted by molar-refractivity contribution is -0.142. The Morgan fingerprint density at radius 3 is 2.38 bits per heavy atom. The molecule has 0 saturated heterocycles. The number of aliphatic hydroxyl groups is 1. The average molecular weight is 444 g/mol. The molecule has 0 unspecified atom stereocenters. The van der Waals surface area contributed by atoms with Crippen molar-refractivity contribution in [2.24, 2.45) is 62.3 Å². The van der Waals surface area contributed by atoms with Crippen LogP contribution in [0.15, 0.2) is 5.16 Å². The zero-order valence-corrected chi connectivity index (χ0v) is 21.7. The fourth-order valence-corrected chi connectivity index (χ4v) is 11.0. The van der Waals surface area contributed by atoms with Gasteiger partial charge in [-0.3, -0.25) is 0 Å². The lowest BCUT2D eigenvalue weighted by Crippen LogP contribution is -2.56. The molecule has 0 amide bonds. The van der Waals surface area contributed by atoms with E-state index < -0.39 is 0 Å². The molecule has 0 radical (unpaired) electrons. The van der Waals surface area contributed by atoms with Gasteiger partial charge in [-0.25, -0.2) is 0 Å². The molecule has 182 valence electrons. The third kappa shape index (κ3) is 2.78. The largest absolute Gasteiger partial charge is 0.411 e. The molecule has 32 heavy (non-hydrogen) atoms. The smallest absolute Gasteiger partial charge is 0.0596 e. The summed E-state index contributed by atoms with van der Waals surface area (Å²) >= 11 is 0. The number of fused-ring (bicyclic) bond motifs is 2. The van der Waals surface area contributed by atoms with E-state index >= 15 is 0 Å². The van der Waals surface area contributed by atoms with Crippen molar-refractivity contribution in [2.45, 2.75) is 118 Å². The second kappa shape index (κ2) is 7.46. The minimum Gasteiger partial charge on any atom is -0.411 e. The Bertz CT molecular complexity index is 777. The Kier molecular flexibility index (Phi) is 5.41. The topological polar surface area (TPSA) is 52.8 Å². The first-order valence-corrected chi connectivity index (χ1v) is 14.0. The van der Waals surface area contributed by atoms with Crippen LogP contribution in [-0.2, 0) is 0 Å². The van der Waals surface area contributed by atoms with Gasteiger partial charge in [0.05, 0.1) is 11.8 Å². The van der Waals surface area contributed by atoms with Crippen molar-refractivity contribution in [1.29, 1.82) is 0 Å². The molecule has 2 N–H and O–H groups in total. The highest BCUT2D eigenvalue weighted by Gasteiger charge is 2.81. The highest BCUT2D eigenvalue weighted by atomic mass is 16.4. The Morgan fingerprint density at radius 1 is 0.938 bits per heavy atom. The molecule has 3 nitrogen and oxygen atoms in total. The monoisotopic (exact) mass is 443 g/mol.